The van der Waals surface area contributed by atoms with E-state index in [1.54, 1.807) is 29.2 Å². The fraction of sp³-hybridized carbons (Fsp3) is 0.394. The molecule has 0 heterocycles. The van der Waals surface area contributed by atoms with Gasteiger partial charge in [0.25, 0.3) is 5.91 Å². The fourth-order valence-corrected chi connectivity index (χ4v) is 5.33. The van der Waals surface area contributed by atoms with Crippen LogP contribution in [0.3, 0.4) is 0 Å². The van der Waals surface area contributed by atoms with Gasteiger partial charge < -0.3 is 19.5 Å². The van der Waals surface area contributed by atoms with Crippen LogP contribution >= 0.6 is 0 Å². The van der Waals surface area contributed by atoms with E-state index >= 15 is 0 Å². The van der Waals surface area contributed by atoms with E-state index < -0.39 is 6.04 Å². The lowest BCUT2D eigenvalue weighted by Gasteiger charge is -2.34. The van der Waals surface area contributed by atoms with Gasteiger partial charge in [0.2, 0.25) is 11.7 Å². The van der Waals surface area contributed by atoms with Crippen molar-refractivity contribution in [3.8, 4) is 17.2 Å². The van der Waals surface area contributed by atoms with Crippen molar-refractivity contribution >= 4 is 17.5 Å². The van der Waals surface area contributed by atoms with E-state index in [2.05, 4.69) is 19.2 Å². The second kappa shape index (κ2) is 13.4. The Morgan fingerprint density at radius 1 is 0.800 bits per heavy atom. The Morgan fingerprint density at radius 2 is 1.40 bits per heavy atom. The molecule has 0 spiro atoms. The number of methoxy groups -OCH3 is 3. The molecule has 1 fully saturated rings. The Hall–Kier alpha value is -4.00. The Balaban J connectivity index is 1.90. The van der Waals surface area contributed by atoms with E-state index in [1.807, 2.05) is 42.5 Å². The van der Waals surface area contributed by atoms with Crippen LogP contribution in [0, 0.1) is 0 Å². The third-order valence-electron chi connectivity index (χ3n) is 7.54. The van der Waals surface area contributed by atoms with Gasteiger partial charge in [0.05, 0.1) is 21.3 Å². The number of hydrogen-bond donors (Lipinski definition) is 1. The maximum Gasteiger partial charge on any atom is 0.259 e. The first-order valence-corrected chi connectivity index (χ1v) is 14.0. The minimum atomic E-state index is -0.992. The van der Waals surface area contributed by atoms with Crippen molar-refractivity contribution in [1.82, 2.24) is 5.32 Å². The molecule has 0 aromatic heterocycles. The van der Waals surface area contributed by atoms with Crippen LogP contribution in [-0.2, 0) is 4.79 Å². The molecular weight excluding hydrogens is 504 g/mol. The van der Waals surface area contributed by atoms with Crippen LogP contribution in [0.2, 0.25) is 0 Å². The van der Waals surface area contributed by atoms with E-state index in [4.69, 9.17) is 14.2 Å². The average molecular weight is 545 g/mol. The minimum absolute atomic E-state index is 0.0581. The molecule has 4 rings (SSSR count). The highest BCUT2D eigenvalue weighted by Gasteiger charge is 2.36. The maximum absolute atomic E-state index is 14.3. The first kappa shape index (κ1) is 29.0. The van der Waals surface area contributed by atoms with E-state index in [0.717, 1.165) is 31.2 Å². The lowest BCUT2D eigenvalue weighted by Crippen LogP contribution is -2.47. The van der Waals surface area contributed by atoms with Crippen LogP contribution in [0.1, 0.15) is 79.4 Å². The fourth-order valence-electron chi connectivity index (χ4n) is 5.33. The minimum Gasteiger partial charge on any atom is -0.493 e. The molecule has 7 nitrogen and oxygen atoms in total. The van der Waals surface area contributed by atoms with E-state index in [1.165, 1.54) is 27.8 Å². The maximum atomic E-state index is 14.3. The number of nitrogens with zero attached hydrogens (tertiary/aromatic N) is 1. The van der Waals surface area contributed by atoms with Crippen molar-refractivity contribution in [2.24, 2.45) is 0 Å². The molecule has 7 heteroatoms. The Bertz CT molecular complexity index is 1260. The van der Waals surface area contributed by atoms with Crippen molar-refractivity contribution in [1.29, 1.82) is 0 Å². The molecule has 1 aliphatic carbocycles. The summed E-state index contributed by atoms with van der Waals surface area (Å²) < 4.78 is 16.8. The summed E-state index contributed by atoms with van der Waals surface area (Å²) >= 11 is 0. The molecular formula is C33H40N2O5. The van der Waals surface area contributed by atoms with Gasteiger partial charge in [0.1, 0.15) is 6.04 Å². The average Bonchev–Trinajstić information content (AvgIpc) is 2.99. The third-order valence-corrected chi connectivity index (χ3v) is 7.54. The molecule has 212 valence electrons. The van der Waals surface area contributed by atoms with Crippen LogP contribution < -0.4 is 24.4 Å². The molecule has 1 unspecified atom stereocenters. The quantitative estimate of drug-likeness (QED) is 0.308. The number of carbonyl (C=O) groups is 2. The highest BCUT2D eigenvalue weighted by Crippen LogP contribution is 2.42. The third kappa shape index (κ3) is 6.41. The number of rotatable bonds is 10. The SMILES string of the molecule is COc1cc(C(C(=O)NC2CCCCC2)N(C(=O)c2ccccc2)c2ccc(C(C)C)cc2)cc(OC)c1OC. The van der Waals surface area contributed by atoms with Gasteiger partial charge in [0.15, 0.2) is 11.5 Å². The van der Waals surface area contributed by atoms with Crippen LogP contribution in [0.15, 0.2) is 66.7 Å². The van der Waals surface area contributed by atoms with Gasteiger partial charge >= 0.3 is 0 Å². The summed E-state index contributed by atoms with van der Waals surface area (Å²) in [5.41, 5.74) is 2.81. The summed E-state index contributed by atoms with van der Waals surface area (Å²) in [4.78, 5) is 30.1. The molecule has 1 N–H and O–H groups in total. The Labute approximate surface area is 237 Å². The van der Waals surface area contributed by atoms with Crippen LogP contribution in [0.4, 0.5) is 5.69 Å². The molecule has 1 saturated carbocycles. The second-order valence-corrected chi connectivity index (χ2v) is 10.5. The predicted molar refractivity (Wildman–Crippen MR) is 158 cm³/mol. The van der Waals surface area contributed by atoms with Gasteiger partial charge in [-0.15, -0.1) is 0 Å². The van der Waals surface area contributed by atoms with Crippen molar-refractivity contribution < 1.29 is 23.8 Å². The number of benzene rings is 3. The Kier molecular flexibility index (Phi) is 9.70. The summed E-state index contributed by atoms with van der Waals surface area (Å²) in [6.07, 6.45) is 5.16. The molecule has 0 saturated heterocycles. The first-order chi connectivity index (χ1) is 19.4. The highest BCUT2D eigenvalue weighted by molar-refractivity contribution is 6.10. The number of carbonyl (C=O) groups excluding carboxylic acids is 2. The molecule has 0 radical (unpaired) electrons. The van der Waals surface area contributed by atoms with Gasteiger partial charge in [0, 0.05) is 17.3 Å². The molecule has 3 aromatic rings. The summed E-state index contributed by atoms with van der Waals surface area (Å²) in [6.45, 7) is 4.25. The zero-order chi connectivity index (χ0) is 28.6. The van der Waals surface area contributed by atoms with E-state index in [-0.39, 0.29) is 17.9 Å². The van der Waals surface area contributed by atoms with Gasteiger partial charge in [-0.2, -0.15) is 0 Å². The monoisotopic (exact) mass is 544 g/mol. The van der Waals surface area contributed by atoms with Crippen molar-refractivity contribution in [3.63, 3.8) is 0 Å². The summed E-state index contributed by atoms with van der Waals surface area (Å²) in [5, 5.41) is 3.26. The number of amides is 2. The van der Waals surface area contributed by atoms with Crippen LogP contribution in [-0.4, -0.2) is 39.2 Å². The first-order valence-electron chi connectivity index (χ1n) is 14.0. The van der Waals surface area contributed by atoms with Crippen LogP contribution in [0.5, 0.6) is 17.2 Å². The Morgan fingerprint density at radius 3 is 1.93 bits per heavy atom. The molecule has 1 atom stereocenters. The largest absolute Gasteiger partial charge is 0.493 e. The van der Waals surface area contributed by atoms with Crippen molar-refractivity contribution in [3.05, 3.63) is 83.4 Å². The zero-order valence-electron chi connectivity index (χ0n) is 24.1. The lowest BCUT2D eigenvalue weighted by molar-refractivity contribution is -0.123. The molecule has 2 amide bonds. The highest BCUT2D eigenvalue weighted by atomic mass is 16.5. The zero-order valence-corrected chi connectivity index (χ0v) is 24.1. The van der Waals surface area contributed by atoms with Gasteiger partial charge in [-0.1, -0.05) is 63.4 Å². The summed E-state index contributed by atoms with van der Waals surface area (Å²) in [6, 6.07) is 19.5. The number of nitrogens with one attached hydrogen (secondary N) is 1. The second-order valence-electron chi connectivity index (χ2n) is 10.5. The number of hydrogen-bond acceptors (Lipinski definition) is 5. The number of anilines is 1. The summed E-state index contributed by atoms with van der Waals surface area (Å²) in [5.74, 6) is 1.04. The van der Waals surface area contributed by atoms with Gasteiger partial charge in [-0.05, 0) is 66.3 Å². The molecule has 40 heavy (non-hydrogen) atoms. The lowest BCUT2D eigenvalue weighted by atomic mass is 9.94. The molecule has 0 bridgehead atoms. The smallest absolute Gasteiger partial charge is 0.259 e. The van der Waals surface area contributed by atoms with E-state index in [9.17, 15) is 9.59 Å². The van der Waals surface area contributed by atoms with Crippen molar-refractivity contribution in [2.75, 3.05) is 26.2 Å². The molecule has 3 aromatic carbocycles. The van der Waals surface area contributed by atoms with Crippen molar-refractivity contribution in [2.45, 2.75) is 64.0 Å². The van der Waals surface area contributed by atoms with Gasteiger partial charge in [-0.25, -0.2) is 0 Å². The van der Waals surface area contributed by atoms with Gasteiger partial charge in [-0.3, -0.25) is 14.5 Å². The number of ether oxygens (including phenoxy) is 3. The van der Waals surface area contributed by atoms with Crippen LogP contribution in [0.25, 0.3) is 0 Å². The molecule has 0 aliphatic heterocycles. The van der Waals surface area contributed by atoms with E-state index in [0.29, 0.717) is 40.0 Å². The molecule has 1 aliphatic rings. The summed E-state index contributed by atoms with van der Waals surface area (Å²) in [7, 11) is 4.61. The normalized spacial score (nSPS) is 14.3. The predicted octanol–water partition coefficient (Wildman–Crippen LogP) is 6.67. The topological polar surface area (TPSA) is 77.1 Å². The standard InChI is InChI=1S/C33H40N2O5/c1-22(2)23-16-18-27(19-17-23)35(33(37)24-12-8-6-9-13-24)30(32(36)34-26-14-10-7-11-15-26)25-20-28(38-3)31(40-5)29(21-25)39-4/h6,8-9,12-13,16-22,26,30H,7,10-11,14-15H2,1-5H3,(H,34,36).